The topological polar surface area (TPSA) is 122 Å². The average Bonchev–Trinajstić information content (AvgIpc) is 3.62. The lowest BCUT2D eigenvalue weighted by Gasteiger charge is -2.23. The first-order chi connectivity index (χ1) is 17.7. The lowest BCUT2D eigenvalue weighted by Crippen LogP contribution is -2.47. The second kappa shape index (κ2) is 13.2. The van der Waals surface area contributed by atoms with Crippen LogP contribution in [0, 0.1) is 6.92 Å². The number of carbonyl (C=O) groups excluding carboxylic acids is 3. The number of aryl methyl sites for hydroxylation is 1. The maximum Gasteiger partial charge on any atom is 0.415 e. The number of esters is 1. The van der Waals surface area contributed by atoms with Gasteiger partial charge in [-0.25, -0.2) is 13.2 Å². The highest BCUT2D eigenvalue weighted by Crippen LogP contribution is 2.26. The van der Waals surface area contributed by atoms with Crippen molar-refractivity contribution in [3.63, 3.8) is 0 Å². The SMILES string of the molecule is COC(=O)CNC(=O)C1CCCN1S(=O)(=O)c1ccccc1.Cc1ccc(OC(=O)N2CCCC2)cc1. The molecule has 1 unspecified atom stereocenters. The Morgan fingerprint density at radius 3 is 2.22 bits per heavy atom. The molecule has 0 bridgehead atoms. The van der Waals surface area contributed by atoms with Gasteiger partial charge in [-0.2, -0.15) is 4.31 Å². The first-order valence-electron chi connectivity index (χ1n) is 12.2. The fraction of sp³-hybridized carbons (Fsp3) is 0.423. The molecule has 2 heterocycles. The van der Waals surface area contributed by atoms with Crippen LogP contribution in [0.4, 0.5) is 4.79 Å². The Morgan fingerprint density at radius 2 is 1.59 bits per heavy atom. The van der Waals surface area contributed by atoms with Crippen molar-refractivity contribution in [2.45, 2.75) is 43.5 Å². The largest absolute Gasteiger partial charge is 0.468 e. The number of sulfonamides is 1. The van der Waals surface area contributed by atoms with Crippen LogP contribution >= 0.6 is 0 Å². The molecule has 2 aromatic rings. The van der Waals surface area contributed by atoms with E-state index in [1.165, 1.54) is 23.5 Å². The minimum absolute atomic E-state index is 0.155. The number of amides is 2. The van der Waals surface area contributed by atoms with E-state index in [0.717, 1.165) is 31.5 Å². The monoisotopic (exact) mass is 531 g/mol. The van der Waals surface area contributed by atoms with Crippen LogP contribution in [-0.2, 0) is 24.3 Å². The third-order valence-corrected chi connectivity index (χ3v) is 8.00. The van der Waals surface area contributed by atoms with Crippen molar-refractivity contribution in [1.82, 2.24) is 14.5 Å². The molecule has 0 aromatic heterocycles. The molecule has 2 amide bonds. The van der Waals surface area contributed by atoms with E-state index in [9.17, 15) is 22.8 Å². The Morgan fingerprint density at radius 1 is 0.946 bits per heavy atom. The first-order valence-corrected chi connectivity index (χ1v) is 13.6. The van der Waals surface area contributed by atoms with Crippen LogP contribution in [0.5, 0.6) is 5.75 Å². The molecule has 200 valence electrons. The molecule has 0 saturated carbocycles. The maximum atomic E-state index is 12.6. The third-order valence-electron chi connectivity index (χ3n) is 6.08. The number of hydrogen-bond acceptors (Lipinski definition) is 7. The molecule has 0 spiro atoms. The molecule has 4 rings (SSSR count). The zero-order chi connectivity index (χ0) is 26.8. The van der Waals surface area contributed by atoms with E-state index in [2.05, 4.69) is 10.1 Å². The summed E-state index contributed by atoms with van der Waals surface area (Å²) in [4.78, 5) is 36.7. The predicted octanol–water partition coefficient (Wildman–Crippen LogP) is 2.72. The van der Waals surface area contributed by atoms with Crippen LogP contribution in [0.3, 0.4) is 0 Å². The summed E-state index contributed by atoms with van der Waals surface area (Å²) in [5.41, 5.74) is 1.16. The van der Waals surface area contributed by atoms with Crippen molar-refractivity contribution in [3.8, 4) is 5.75 Å². The van der Waals surface area contributed by atoms with Crippen molar-refractivity contribution in [2.75, 3.05) is 33.3 Å². The summed E-state index contributed by atoms with van der Waals surface area (Å²) in [5.74, 6) is -0.441. The smallest absolute Gasteiger partial charge is 0.415 e. The number of likely N-dealkylation sites (tertiary alicyclic amines) is 1. The van der Waals surface area contributed by atoms with Gasteiger partial charge in [0.15, 0.2) is 0 Å². The van der Waals surface area contributed by atoms with Gasteiger partial charge >= 0.3 is 12.1 Å². The molecule has 2 aliphatic rings. The molecule has 37 heavy (non-hydrogen) atoms. The molecule has 10 nitrogen and oxygen atoms in total. The summed E-state index contributed by atoms with van der Waals surface area (Å²) in [6, 6.07) is 14.7. The highest BCUT2D eigenvalue weighted by molar-refractivity contribution is 7.89. The molecule has 0 aliphatic carbocycles. The van der Waals surface area contributed by atoms with Crippen molar-refractivity contribution in [1.29, 1.82) is 0 Å². The molecule has 2 saturated heterocycles. The summed E-state index contributed by atoms with van der Waals surface area (Å²) in [6.07, 6.45) is 2.98. The molecule has 2 aromatic carbocycles. The van der Waals surface area contributed by atoms with Crippen molar-refractivity contribution < 1.29 is 32.3 Å². The van der Waals surface area contributed by atoms with Gasteiger partial charge in [-0.05, 0) is 56.9 Å². The molecular weight excluding hydrogens is 498 g/mol. The lowest BCUT2D eigenvalue weighted by molar-refractivity contribution is -0.141. The molecule has 2 fully saturated rings. The van der Waals surface area contributed by atoms with E-state index >= 15 is 0 Å². The summed E-state index contributed by atoms with van der Waals surface area (Å²) >= 11 is 0. The summed E-state index contributed by atoms with van der Waals surface area (Å²) in [6.45, 7) is 3.67. The number of methoxy groups -OCH3 is 1. The van der Waals surface area contributed by atoms with Gasteiger partial charge in [-0.1, -0.05) is 35.9 Å². The quantitative estimate of drug-likeness (QED) is 0.569. The van der Waals surface area contributed by atoms with Gasteiger partial charge in [0.2, 0.25) is 15.9 Å². The maximum absolute atomic E-state index is 12.6. The number of hydrogen-bond donors (Lipinski definition) is 1. The van der Waals surface area contributed by atoms with Gasteiger partial charge in [0.1, 0.15) is 18.3 Å². The normalized spacial score (nSPS) is 17.5. The van der Waals surface area contributed by atoms with E-state index in [1.807, 2.05) is 31.2 Å². The second-order valence-corrected chi connectivity index (χ2v) is 10.6. The standard InChI is InChI=1S/C14H18N2O5S.C12H15NO2/c1-21-13(17)10-15-14(18)12-8-5-9-16(12)22(19,20)11-6-3-2-4-7-11;1-10-4-6-11(7-5-10)15-12(14)13-8-2-3-9-13/h2-4,6-7,12H,5,8-10H2,1H3,(H,15,18);4-7H,2-3,8-9H2,1H3. The number of rotatable bonds is 6. The van der Waals surface area contributed by atoms with Crippen LogP contribution in [-0.4, -0.2) is 74.9 Å². The zero-order valence-electron chi connectivity index (χ0n) is 21.1. The molecule has 0 radical (unpaired) electrons. The minimum Gasteiger partial charge on any atom is -0.468 e. The Labute approximate surface area is 217 Å². The Kier molecular flexibility index (Phi) is 10.0. The zero-order valence-corrected chi connectivity index (χ0v) is 21.9. The van der Waals surface area contributed by atoms with E-state index in [0.29, 0.717) is 18.6 Å². The lowest BCUT2D eigenvalue weighted by atomic mass is 10.2. The van der Waals surface area contributed by atoms with E-state index in [1.54, 1.807) is 23.1 Å². The van der Waals surface area contributed by atoms with Gasteiger partial charge < -0.3 is 19.7 Å². The molecule has 11 heteroatoms. The fourth-order valence-electron chi connectivity index (χ4n) is 4.04. The predicted molar refractivity (Wildman–Crippen MR) is 136 cm³/mol. The van der Waals surface area contributed by atoms with Crippen LogP contribution in [0.15, 0.2) is 59.5 Å². The number of carbonyl (C=O) groups is 3. The number of nitrogens with zero attached hydrogens (tertiary/aromatic N) is 2. The average molecular weight is 532 g/mol. The molecule has 1 N–H and O–H groups in total. The Balaban J connectivity index is 0.000000220. The summed E-state index contributed by atoms with van der Waals surface area (Å²) in [7, 11) is -2.50. The highest BCUT2D eigenvalue weighted by atomic mass is 32.2. The first kappa shape index (κ1) is 28.1. The minimum atomic E-state index is -3.72. The molecular formula is C26H33N3O7S. The molecule has 2 aliphatic heterocycles. The third kappa shape index (κ3) is 7.77. The van der Waals surface area contributed by atoms with Gasteiger partial charge in [-0.3, -0.25) is 9.59 Å². The van der Waals surface area contributed by atoms with Crippen LogP contribution < -0.4 is 10.1 Å². The molecule has 1 atom stereocenters. The number of benzene rings is 2. The number of ether oxygens (including phenoxy) is 2. The highest BCUT2D eigenvalue weighted by Gasteiger charge is 2.39. The van der Waals surface area contributed by atoms with Crippen molar-refractivity contribution >= 4 is 28.0 Å². The van der Waals surface area contributed by atoms with Crippen LogP contribution in [0.1, 0.15) is 31.2 Å². The second-order valence-electron chi connectivity index (χ2n) is 8.76. The number of nitrogens with one attached hydrogen (secondary N) is 1. The van der Waals surface area contributed by atoms with Crippen molar-refractivity contribution in [3.05, 3.63) is 60.2 Å². The van der Waals surface area contributed by atoms with Gasteiger partial charge in [0.05, 0.1) is 12.0 Å². The van der Waals surface area contributed by atoms with Crippen LogP contribution in [0.25, 0.3) is 0 Å². The Bertz CT molecular complexity index is 1160. The van der Waals surface area contributed by atoms with E-state index < -0.39 is 27.9 Å². The van der Waals surface area contributed by atoms with E-state index in [-0.39, 0.29) is 24.1 Å². The van der Waals surface area contributed by atoms with Gasteiger partial charge in [0.25, 0.3) is 0 Å². The summed E-state index contributed by atoms with van der Waals surface area (Å²) in [5, 5.41) is 2.41. The van der Waals surface area contributed by atoms with E-state index in [4.69, 9.17) is 4.74 Å². The van der Waals surface area contributed by atoms with Crippen molar-refractivity contribution in [2.24, 2.45) is 0 Å². The Hall–Kier alpha value is -3.44. The van der Waals surface area contributed by atoms with Gasteiger partial charge in [0, 0.05) is 19.6 Å². The fourth-order valence-corrected chi connectivity index (χ4v) is 5.72. The summed E-state index contributed by atoms with van der Waals surface area (Å²) < 4.78 is 36.1. The van der Waals surface area contributed by atoms with Gasteiger partial charge in [-0.15, -0.1) is 0 Å². The van der Waals surface area contributed by atoms with Crippen LogP contribution in [0.2, 0.25) is 0 Å².